The van der Waals surface area contributed by atoms with Crippen LogP contribution in [0, 0.1) is 0 Å². The van der Waals surface area contributed by atoms with E-state index in [0.29, 0.717) is 28.0 Å². The van der Waals surface area contributed by atoms with E-state index >= 15 is 0 Å². The lowest BCUT2D eigenvalue weighted by Crippen LogP contribution is -2.24. The number of hydrogen-bond acceptors (Lipinski definition) is 5. The summed E-state index contributed by atoms with van der Waals surface area (Å²) in [5.41, 5.74) is 6.26. The normalized spacial score (nSPS) is 10.6. The van der Waals surface area contributed by atoms with Crippen molar-refractivity contribution in [3.05, 3.63) is 44.1 Å². The van der Waals surface area contributed by atoms with Crippen molar-refractivity contribution in [2.24, 2.45) is 5.73 Å². The zero-order chi connectivity index (χ0) is 14.5. The molecule has 20 heavy (non-hydrogen) atoms. The number of thiazole rings is 1. The number of carbonyl (C=O) groups excluding carboxylic acids is 1. The average Bonchev–Trinajstić information content (AvgIpc) is 2.79. The van der Waals surface area contributed by atoms with Gasteiger partial charge in [-0.25, -0.2) is 4.98 Å². The molecule has 1 amide bonds. The highest BCUT2D eigenvalue weighted by molar-refractivity contribution is 7.16. The molecule has 2 aromatic rings. The summed E-state index contributed by atoms with van der Waals surface area (Å²) in [5.74, 6) is -0.351. The number of nitrogens with zero attached hydrogens (tertiary/aromatic N) is 2. The maximum absolute atomic E-state index is 12.0. The van der Waals surface area contributed by atoms with Gasteiger partial charge in [-0.3, -0.25) is 9.78 Å². The average molecular weight is 331 g/mol. The highest BCUT2D eigenvalue weighted by Crippen LogP contribution is 2.24. The van der Waals surface area contributed by atoms with Gasteiger partial charge in [0.15, 0.2) is 5.69 Å². The molecule has 0 saturated carbocycles. The van der Waals surface area contributed by atoms with Gasteiger partial charge in [-0.1, -0.05) is 23.2 Å². The van der Waals surface area contributed by atoms with Crippen LogP contribution in [0.2, 0.25) is 9.36 Å². The number of hydrogen-bond donors (Lipinski definition) is 2. The molecule has 0 aliphatic rings. The summed E-state index contributed by atoms with van der Waals surface area (Å²) in [4.78, 5) is 20.3. The van der Waals surface area contributed by atoms with Gasteiger partial charge < -0.3 is 11.1 Å². The van der Waals surface area contributed by atoms with Crippen LogP contribution >= 0.6 is 34.5 Å². The van der Waals surface area contributed by atoms with E-state index in [9.17, 15) is 4.79 Å². The fraction of sp³-hybridized carbons (Fsp3) is 0.250. The molecule has 0 fully saturated rings. The quantitative estimate of drug-likeness (QED) is 0.881. The van der Waals surface area contributed by atoms with Gasteiger partial charge in [-0.05, 0) is 18.7 Å². The second-order valence-electron chi connectivity index (χ2n) is 3.88. The number of nitrogens with one attached hydrogen (secondary N) is 1. The van der Waals surface area contributed by atoms with Crippen molar-refractivity contribution in [2.75, 3.05) is 6.54 Å². The van der Waals surface area contributed by atoms with Crippen LogP contribution in [0.4, 0.5) is 0 Å². The second kappa shape index (κ2) is 6.99. The van der Waals surface area contributed by atoms with Crippen molar-refractivity contribution < 1.29 is 4.79 Å². The minimum absolute atomic E-state index is 0.215. The molecule has 0 aliphatic heterocycles. The van der Waals surface area contributed by atoms with Gasteiger partial charge in [-0.15, -0.1) is 11.3 Å². The molecule has 0 aromatic carbocycles. The largest absolute Gasteiger partial charge is 0.345 e. The van der Waals surface area contributed by atoms with Crippen LogP contribution in [0.25, 0.3) is 0 Å². The summed E-state index contributed by atoms with van der Waals surface area (Å²) in [6.45, 7) is 0.688. The van der Waals surface area contributed by atoms with E-state index in [1.165, 1.54) is 11.3 Å². The third-order valence-electron chi connectivity index (χ3n) is 2.45. The molecule has 0 bridgehead atoms. The van der Waals surface area contributed by atoms with E-state index < -0.39 is 0 Å². The minimum Gasteiger partial charge on any atom is -0.345 e. The van der Waals surface area contributed by atoms with E-state index in [1.54, 1.807) is 18.3 Å². The molecule has 0 spiro atoms. The predicted octanol–water partition coefficient (Wildman–Crippen LogP) is 2.28. The first-order chi connectivity index (χ1) is 9.61. The van der Waals surface area contributed by atoms with Crippen molar-refractivity contribution in [3.8, 4) is 0 Å². The summed E-state index contributed by atoms with van der Waals surface area (Å²) in [5, 5.41) is 3.94. The van der Waals surface area contributed by atoms with Crippen LogP contribution < -0.4 is 11.1 Å². The van der Waals surface area contributed by atoms with Crippen LogP contribution in [0.5, 0.6) is 0 Å². The third-order valence-corrected chi connectivity index (χ3v) is 4.11. The van der Waals surface area contributed by atoms with Crippen molar-refractivity contribution in [3.63, 3.8) is 0 Å². The first kappa shape index (κ1) is 15.2. The fourth-order valence-electron chi connectivity index (χ4n) is 1.51. The number of aromatic nitrogens is 2. The molecular formula is C12H12Cl2N4OS. The Bertz CT molecular complexity index is 617. The molecule has 0 radical (unpaired) electrons. The topological polar surface area (TPSA) is 80.9 Å². The predicted molar refractivity (Wildman–Crippen MR) is 80.3 cm³/mol. The standard InChI is InChI=1S/C12H12Cl2N4OS/c13-7-2-1-5-16-8(7)6-17-12(19)10-11(14)20-9(18-10)3-4-15/h1-2,5H,3-4,6,15H2,(H,17,19). The molecule has 3 N–H and O–H groups in total. The Morgan fingerprint density at radius 2 is 2.25 bits per heavy atom. The van der Waals surface area contributed by atoms with Crippen molar-refractivity contribution in [1.29, 1.82) is 0 Å². The van der Waals surface area contributed by atoms with E-state index in [2.05, 4.69) is 15.3 Å². The number of amides is 1. The van der Waals surface area contributed by atoms with Crippen molar-refractivity contribution in [1.82, 2.24) is 15.3 Å². The smallest absolute Gasteiger partial charge is 0.272 e. The second-order valence-corrected chi connectivity index (χ2v) is 5.98. The summed E-state index contributed by atoms with van der Waals surface area (Å²) >= 11 is 13.2. The lowest BCUT2D eigenvalue weighted by Gasteiger charge is -2.04. The summed E-state index contributed by atoms with van der Waals surface area (Å²) in [6, 6.07) is 3.44. The Morgan fingerprint density at radius 1 is 1.45 bits per heavy atom. The summed E-state index contributed by atoms with van der Waals surface area (Å²) < 4.78 is 0.359. The zero-order valence-electron chi connectivity index (χ0n) is 10.4. The monoisotopic (exact) mass is 330 g/mol. The van der Waals surface area contributed by atoms with E-state index in [4.69, 9.17) is 28.9 Å². The molecule has 2 heterocycles. The number of carbonyl (C=O) groups is 1. The van der Waals surface area contributed by atoms with E-state index in [1.807, 2.05) is 0 Å². The molecule has 0 aliphatic carbocycles. The molecule has 0 atom stereocenters. The summed E-state index contributed by atoms with van der Waals surface area (Å²) in [7, 11) is 0. The van der Waals surface area contributed by atoms with Gasteiger partial charge in [0.05, 0.1) is 22.3 Å². The first-order valence-corrected chi connectivity index (χ1v) is 7.42. The summed E-state index contributed by atoms with van der Waals surface area (Å²) in [6.07, 6.45) is 2.21. The molecule has 8 heteroatoms. The third kappa shape index (κ3) is 3.67. The lowest BCUT2D eigenvalue weighted by atomic mass is 10.3. The molecule has 2 rings (SSSR count). The lowest BCUT2D eigenvalue weighted by molar-refractivity contribution is 0.0946. The molecule has 106 valence electrons. The van der Waals surface area contributed by atoms with Gasteiger partial charge in [0.2, 0.25) is 0 Å². The minimum atomic E-state index is -0.351. The van der Waals surface area contributed by atoms with Gasteiger partial charge >= 0.3 is 0 Å². The van der Waals surface area contributed by atoms with E-state index in [0.717, 1.165) is 5.01 Å². The molecule has 5 nitrogen and oxygen atoms in total. The molecule has 0 unspecified atom stereocenters. The number of pyridine rings is 1. The highest BCUT2D eigenvalue weighted by Gasteiger charge is 2.16. The van der Waals surface area contributed by atoms with Gasteiger partial charge in [0.1, 0.15) is 4.34 Å². The first-order valence-electron chi connectivity index (χ1n) is 5.84. The zero-order valence-corrected chi connectivity index (χ0v) is 12.7. The Kier molecular flexibility index (Phi) is 5.31. The number of halogens is 2. The van der Waals surface area contributed by atoms with Crippen molar-refractivity contribution >= 4 is 40.4 Å². The van der Waals surface area contributed by atoms with Crippen LogP contribution in [0.15, 0.2) is 18.3 Å². The number of rotatable bonds is 5. The van der Waals surface area contributed by atoms with Crippen LogP contribution in [0.3, 0.4) is 0 Å². The Labute approximate surface area is 130 Å². The SMILES string of the molecule is NCCc1nc(C(=O)NCc2ncccc2Cl)c(Cl)s1. The Hall–Kier alpha value is -1.21. The van der Waals surface area contributed by atoms with Gasteiger partial charge in [0.25, 0.3) is 5.91 Å². The van der Waals surface area contributed by atoms with E-state index in [-0.39, 0.29) is 18.1 Å². The van der Waals surface area contributed by atoms with Gasteiger partial charge in [0, 0.05) is 12.6 Å². The number of nitrogens with two attached hydrogens (primary N) is 1. The van der Waals surface area contributed by atoms with Crippen LogP contribution in [0.1, 0.15) is 21.2 Å². The molecular weight excluding hydrogens is 319 g/mol. The highest BCUT2D eigenvalue weighted by atomic mass is 35.5. The van der Waals surface area contributed by atoms with Crippen molar-refractivity contribution in [2.45, 2.75) is 13.0 Å². The molecule has 0 saturated heterocycles. The Balaban J connectivity index is 2.03. The van der Waals surface area contributed by atoms with Crippen LogP contribution in [-0.2, 0) is 13.0 Å². The Morgan fingerprint density at radius 3 is 2.95 bits per heavy atom. The van der Waals surface area contributed by atoms with Gasteiger partial charge in [-0.2, -0.15) is 0 Å². The maximum atomic E-state index is 12.0. The fourth-order valence-corrected chi connectivity index (χ4v) is 2.89. The van der Waals surface area contributed by atoms with Crippen LogP contribution in [-0.4, -0.2) is 22.4 Å². The maximum Gasteiger partial charge on any atom is 0.272 e. The molecule has 2 aromatic heterocycles.